The molecule has 0 N–H and O–H groups in total. The van der Waals surface area contributed by atoms with Crippen molar-refractivity contribution in [1.82, 2.24) is 19.7 Å². The molecule has 2 fully saturated rings. The molecular weight excluding hydrogens is 328 g/mol. The Balaban J connectivity index is 1.43. The highest BCUT2D eigenvalue weighted by molar-refractivity contribution is 5.79. The van der Waals surface area contributed by atoms with Crippen LogP contribution in [0.25, 0.3) is 11.3 Å². The first-order valence-corrected chi connectivity index (χ1v) is 9.63. The Morgan fingerprint density at radius 3 is 2.73 bits per heavy atom. The molecule has 6 nitrogen and oxygen atoms in total. The third kappa shape index (κ3) is 3.80. The van der Waals surface area contributed by atoms with Gasteiger partial charge in [0.2, 0.25) is 5.91 Å². The SMILES string of the molecule is O=C([C@@H]1CCOC1)N(CCn1ccc(-c2ccncc2)n1)C1CCCC1. The van der Waals surface area contributed by atoms with E-state index in [-0.39, 0.29) is 11.8 Å². The Hall–Kier alpha value is -2.21. The first-order valence-electron chi connectivity index (χ1n) is 9.63. The minimum absolute atomic E-state index is 0.0422. The summed E-state index contributed by atoms with van der Waals surface area (Å²) in [6, 6.07) is 6.32. The lowest BCUT2D eigenvalue weighted by Gasteiger charge is -2.31. The zero-order valence-electron chi connectivity index (χ0n) is 15.1. The molecule has 2 aliphatic rings. The molecule has 1 aliphatic carbocycles. The molecule has 1 saturated heterocycles. The van der Waals surface area contributed by atoms with Crippen molar-refractivity contribution in [2.75, 3.05) is 19.8 Å². The molecule has 138 valence electrons. The highest BCUT2D eigenvalue weighted by Gasteiger charge is 2.33. The van der Waals surface area contributed by atoms with Gasteiger partial charge in [-0.15, -0.1) is 0 Å². The number of carbonyl (C=O) groups is 1. The number of ether oxygens (including phenoxy) is 1. The fraction of sp³-hybridized carbons (Fsp3) is 0.550. The molecule has 2 aromatic heterocycles. The molecule has 1 aliphatic heterocycles. The van der Waals surface area contributed by atoms with E-state index in [0.29, 0.717) is 19.3 Å². The molecule has 3 heterocycles. The zero-order valence-corrected chi connectivity index (χ0v) is 15.1. The van der Waals surface area contributed by atoms with E-state index in [0.717, 1.165) is 43.6 Å². The van der Waals surface area contributed by atoms with Crippen LogP contribution in [0.3, 0.4) is 0 Å². The lowest BCUT2D eigenvalue weighted by Crippen LogP contribution is -2.44. The summed E-state index contributed by atoms with van der Waals surface area (Å²) in [7, 11) is 0. The number of nitrogens with zero attached hydrogens (tertiary/aromatic N) is 4. The van der Waals surface area contributed by atoms with Crippen LogP contribution >= 0.6 is 0 Å². The third-order valence-electron chi connectivity index (χ3n) is 5.51. The molecule has 0 unspecified atom stereocenters. The Kier molecular flexibility index (Phi) is 5.29. The maximum absolute atomic E-state index is 13.0. The van der Waals surface area contributed by atoms with Crippen LogP contribution in [0.15, 0.2) is 36.8 Å². The van der Waals surface area contributed by atoms with Gasteiger partial charge in [0.05, 0.1) is 24.8 Å². The summed E-state index contributed by atoms with van der Waals surface area (Å²) < 4.78 is 7.38. The number of pyridine rings is 1. The maximum atomic E-state index is 13.0. The summed E-state index contributed by atoms with van der Waals surface area (Å²) in [5.74, 6) is 0.316. The molecule has 0 radical (unpaired) electrons. The van der Waals surface area contributed by atoms with Crippen molar-refractivity contribution in [2.45, 2.75) is 44.7 Å². The summed E-state index contributed by atoms with van der Waals surface area (Å²) in [6.07, 6.45) is 11.1. The number of hydrogen-bond donors (Lipinski definition) is 0. The monoisotopic (exact) mass is 354 g/mol. The molecule has 1 atom stereocenters. The smallest absolute Gasteiger partial charge is 0.228 e. The number of carbonyl (C=O) groups excluding carboxylic acids is 1. The number of hydrogen-bond acceptors (Lipinski definition) is 4. The van der Waals surface area contributed by atoms with Gasteiger partial charge in [-0.05, 0) is 37.5 Å². The summed E-state index contributed by atoms with van der Waals surface area (Å²) in [5, 5.41) is 4.66. The van der Waals surface area contributed by atoms with Crippen molar-refractivity contribution in [1.29, 1.82) is 0 Å². The number of rotatable bonds is 6. The van der Waals surface area contributed by atoms with Gasteiger partial charge >= 0.3 is 0 Å². The predicted octanol–water partition coefficient (Wildman–Crippen LogP) is 2.75. The molecule has 0 aromatic carbocycles. The van der Waals surface area contributed by atoms with Crippen molar-refractivity contribution < 1.29 is 9.53 Å². The lowest BCUT2D eigenvalue weighted by atomic mass is 10.1. The maximum Gasteiger partial charge on any atom is 0.228 e. The van der Waals surface area contributed by atoms with Gasteiger partial charge in [-0.3, -0.25) is 14.5 Å². The van der Waals surface area contributed by atoms with Gasteiger partial charge in [0.25, 0.3) is 0 Å². The van der Waals surface area contributed by atoms with Crippen LogP contribution in [-0.2, 0) is 16.1 Å². The largest absolute Gasteiger partial charge is 0.381 e. The first-order chi connectivity index (χ1) is 12.8. The van der Waals surface area contributed by atoms with E-state index in [4.69, 9.17) is 4.74 Å². The van der Waals surface area contributed by atoms with Crippen LogP contribution in [0, 0.1) is 5.92 Å². The van der Waals surface area contributed by atoms with Crippen molar-refractivity contribution in [2.24, 2.45) is 5.92 Å². The van der Waals surface area contributed by atoms with Gasteiger partial charge in [-0.25, -0.2) is 0 Å². The van der Waals surface area contributed by atoms with Crippen LogP contribution in [-0.4, -0.2) is 51.4 Å². The van der Waals surface area contributed by atoms with Gasteiger partial charge in [-0.1, -0.05) is 12.8 Å². The Morgan fingerprint density at radius 1 is 1.19 bits per heavy atom. The minimum Gasteiger partial charge on any atom is -0.381 e. The molecule has 6 heteroatoms. The van der Waals surface area contributed by atoms with Gasteiger partial charge in [0, 0.05) is 43.3 Å². The summed E-state index contributed by atoms with van der Waals surface area (Å²) in [5.41, 5.74) is 2.00. The van der Waals surface area contributed by atoms with Crippen molar-refractivity contribution >= 4 is 5.91 Å². The van der Waals surface area contributed by atoms with Gasteiger partial charge in [0.15, 0.2) is 0 Å². The Labute approximate surface area is 154 Å². The summed E-state index contributed by atoms with van der Waals surface area (Å²) >= 11 is 0. The summed E-state index contributed by atoms with van der Waals surface area (Å²) in [4.78, 5) is 19.2. The zero-order chi connectivity index (χ0) is 17.8. The van der Waals surface area contributed by atoms with Crippen LogP contribution in [0.5, 0.6) is 0 Å². The molecule has 1 amide bonds. The van der Waals surface area contributed by atoms with Crippen LogP contribution in [0.1, 0.15) is 32.1 Å². The predicted molar refractivity (Wildman–Crippen MR) is 98.4 cm³/mol. The fourth-order valence-electron chi connectivity index (χ4n) is 4.03. The molecule has 2 aromatic rings. The number of amides is 1. The van der Waals surface area contributed by atoms with E-state index in [1.807, 2.05) is 29.1 Å². The lowest BCUT2D eigenvalue weighted by molar-refractivity contribution is -0.138. The van der Waals surface area contributed by atoms with Crippen molar-refractivity contribution in [3.63, 3.8) is 0 Å². The van der Waals surface area contributed by atoms with Crippen molar-refractivity contribution in [3.05, 3.63) is 36.8 Å². The highest BCUT2D eigenvalue weighted by atomic mass is 16.5. The quantitative estimate of drug-likeness (QED) is 0.800. The Bertz CT molecular complexity index is 718. The standard InChI is InChI=1S/C20H26N4O2/c25-20(17-8-14-26-15-17)24(18-3-1-2-4-18)13-12-23-11-7-19(22-23)16-5-9-21-10-6-16/h5-7,9-11,17-18H,1-4,8,12-15H2/t17-/m1/s1. The molecule has 1 saturated carbocycles. The average molecular weight is 354 g/mol. The van der Waals surface area contributed by atoms with Gasteiger partial charge < -0.3 is 9.64 Å². The highest BCUT2D eigenvalue weighted by Crippen LogP contribution is 2.26. The van der Waals surface area contributed by atoms with Gasteiger partial charge in [-0.2, -0.15) is 5.10 Å². The van der Waals surface area contributed by atoms with E-state index < -0.39 is 0 Å². The first kappa shape index (κ1) is 17.2. The van der Waals surface area contributed by atoms with E-state index in [9.17, 15) is 4.79 Å². The van der Waals surface area contributed by atoms with Crippen LogP contribution < -0.4 is 0 Å². The van der Waals surface area contributed by atoms with E-state index in [2.05, 4.69) is 15.0 Å². The molecule has 0 spiro atoms. The summed E-state index contributed by atoms with van der Waals surface area (Å²) in [6.45, 7) is 2.73. The molecular formula is C20H26N4O2. The minimum atomic E-state index is 0.0422. The molecule has 26 heavy (non-hydrogen) atoms. The van der Waals surface area contributed by atoms with E-state index in [1.54, 1.807) is 12.4 Å². The number of aromatic nitrogens is 3. The molecule has 4 rings (SSSR count). The topological polar surface area (TPSA) is 60.2 Å². The second-order valence-corrected chi connectivity index (χ2v) is 7.23. The third-order valence-corrected chi connectivity index (χ3v) is 5.51. The normalized spacial score (nSPS) is 20.5. The van der Waals surface area contributed by atoms with E-state index in [1.165, 1.54) is 12.8 Å². The average Bonchev–Trinajstić information content (AvgIpc) is 3.44. The second-order valence-electron chi connectivity index (χ2n) is 7.23. The van der Waals surface area contributed by atoms with Crippen LogP contribution in [0.2, 0.25) is 0 Å². The second kappa shape index (κ2) is 7.99. The van der Waals surface area contributed by atoms with Crippen LogP contribution in [0.4, 0.5) is 0 Å². The van der Waals surface area contributed by atoms with E-state index >= 15 is 0 Å². The van der Waals surface area contributed by atoms with Crippen molar-refractivity contribution in [3.8, 4) is 11.3 Å². The Morgan fingerprint density at radius 2 is 2.00 bits per heavy atom. The van der Waals surface area contributed by atoms with Gasteiger partial charge in [0.1, 0.15) is 0 Å². The fourth-order valence-corrected chi connectivity index (χ4v) is 4.03. The molecule has 0 bridgehead atoms.